The Kier molecular flexibility index (Phi) is 4.20. The molecular formula is C15H16N2O3. The number of carboxylic acid groups (broad SMARTS) is 1. The highest BCUT2D eigenvalue weighted by molar-refractivity contribution is 5.85. The minimum Gasteiger partial charge on any atom is -0.492 e. The van der Waals surface area contributed by atoms with Gasteiger partial charge in [-0.25, -0.2) is 9.78 Å². The zero-order valence-electron chi connectivity index (χ0n) is 11.4. The van der Waals surface area contributed by atoms with Crippen LogP contribution >= 0.6 is 0 Å². The van der Waals surface area contributed by atoms with E-state index in [1.807, 2.05) is 42.8 Å². The van der Waals surface area contributed by atoms with Crippen molar-refractivity contribution in [1.82, 2.24) is 9.55 Å². The number of imidazole rings is 1. The average molecular weight is 272 g/mol. The maximum atomic E-state index is 10.5. The number of aromatic nitrogens is 2. The van der Waals surface area contributed by atoms with Gasteiger partial charge in [-0.3, -0.25) is 0 Å². The highest BCUT2D eigenvalue weighted by Gasteiger charge is 2.07. The Morgan fingerprint density at radius 1 is 1.50 bits per heavy atom. The van der Waals surface area contributed by atoms with Crippen molar-refractivity contribution < 1.29 is 14.6 Å². The normalized spacial score (nSPS) is 10.9. The predicted octanol–water partition coefficient (Wildman–Crippen LogP) is 2.68. The second-order valence-corrected chi connectivity index (χ2v) is 4.25. The maximum Gasteiger partial charge on any atom is 0.328 e. The molecule has 2 aromatic rings. The Hall–Kier alpha value is -2.56. The van der Waals surface area contributed by atoms with Gasteiger partial charge in [-0.1, -0.05) is 6.07 Å². The first-order valence-corrected chi connectivity index (χ1v) is 6.29. The molecule has 2 rings (SSSR count). The minimum atomic E-state index is -0.975. The van der Waals surface area contributed by atoms with Crippen molar-refractivity contribution in [2.24, 2.45) is 0 Å². The van der Waals surface area contributed by atoms with Crippen LogP contribution in [0.15, 0.2) is 36.8 Å². The van der Waals surface area contributed by atoms with Gasteiger partial charge in [0.25, 0.3) is 0 Å². The lowest BCUT2D eigenvalue weighted by atomic mass is 10.1. The van der Waals surface area contributed by atoms with E-state index in [4.69, 9.17) is 9.84 Å². The topological polar surface area (TPSA) is 64.3 Å². The van der Waals surface area contributed by atoms with E-state index in [9.17, 15) is 4.79 Å². The van der Waals surface area contributed by atoms with Gasteiger partial charge in [0, 0.05) is 12.3 Å². The third-order valence-corrected chi connectivity index (χ3v) is 2.69. The number of aryl methyl sites for hydroxylation is 1. The van der Waals surface area contributed by atoms with Crippen LogP contribution in [0.25, 0.3) is 11.8 Å². The highest BCUT2D eigenvalue weighted by atomic mass is 16.5. The quantitative estimate of drug-likeness (QED) is 0.850. The lowest BCUT2D eigenvalue weighted by molar-refractivity contribution is -0.131. The standard InChI is InChI=1S/C15H16N2O3/c1-3-20-14-8-12(5-7-15(18)19)4-6-13(14)17-9-11(2)16-10-17/h4-10H,3H2,1-2H3,(H,18,19)/b7-5+. The molecule has 0 bridgehead atoms. The molecule has 0 saturated heterocycles. The van der Waals surface area contributed by atoms with Crippen molar-refractivity contribution in [2.45, 2.75) is 13.8 Å². The molecule has 0 amide bonds. The molecule has 0 spiro atoms. The number of carboxylic acids is 1. The number of hydrogen-bond acceptors (Lipinski definition) is 3. The number of hydrogen-bond donors (Lipinski definition) is 1. The van der Waals surface area contributed by atoms with E-state index in [1.54, 1.807) is 6.33 Å². The van der Waals surface area contributed by atoms with Gasteiger partial charge in [0.15, 0.2) is 0 Å². The Labute approximate surface area is 117 Å². The van der Waals surface area contributed by atoms with E-state index < -0.39 is 5.97 Å². The van der Waals surface area contributed by atoms with E-state index in [-0.39, 0.29) is 0 Å². The van der Waals surface area contributed by atoms with Crippen molar-refractivity contribution in [3.05, 3.63) is 48.1 Å². The highest BCUT2D eigenvalue weighted by Crippen LogP contribution is 2.25. The summed E-state index contributed by atoms with van der Waals surface area (Å²) >= 11 is 0. The van der Waals surface area contributed by atoms with E-state index in [1.165, 1.54) is 6.08 Å². The van der Waals surface area contributed by atoms with Crippen molar-refractivity contribution >= 4 is 12.0 Å². The van der Waals surface area contributed by atoms with Crippen molar-refractivity contribution in [3.63, 3.8) is 0 Å². The minimum absolute atomic E-state index is 0.535. The fraction of sp³-hybridized carbons (Fsp3) is 0.200. The molecule has 20 heavy (non-hydrogen) atoms. The molecule has 0 radical (unpaired) electrons. The van der Waals surface area contributed by atoms with Crippen LogP contribution in [0.2, 0.25) is 0 Å². The van der Waals surface area contributed by atoms with E-state index >= 15 is 0 Å². The number of nitrogens with zero attached hydrogens (tertiary/aromatic N) is 2. The first-order chi connectivity index (χ1) is 9.60. The summed E-state index contributed by atoms with van der Waals surface area (Å²) in [5.41, 5.74) is 2.57. The largest absolute Gasteiger partial charge is 0.492 e. The Morgan fingerprint density at radius 2 is 2.30 bits per heavy atom. The summed E-state index contributed by atoms with van der Waals surface area (Å²) in [5, 5.41) is 8.65. The molecule has 0 aliphatic carbocycles. The van der Waals surface area contributed by atoms with Crippen LogP contribution in [-0.4, -0.2) is 27.2 Å². The van der Waals surface area contributed by atoms with Gasteiger partial charge in [0.1, 0.15) is 5.75 Å². The van der Waals surface area contributed by atoms with Crippen LogP contribution in [0.4, 0.5) is 0 Å². The van der Waals surface area contributed by atoms with E-state index in [0.29, 0.717) is 12.4 Å². The first kappa shape index (κ1) is 13.9. The maximum absolute atomic E-state index is 10.5. The molecule has 0 aliphatic heterocycles. The lowest BCUT2D eigenvalue weighted by Crippen LogP contribution is -1.99. The van der Waals surface area contributed by atoms with Gasteiger partial charge in [-0.15, -0.1) is 0 Å². The number of aliphatic carboxylic acids is 1. The molecule has 5 heteroatoms. The zero-order valence-corrected chi connectivity index (χ0v) is 11.4. The molecule has 0 atom stereocenters. The SMILES string of the molecule is CCOc1cc(/C=C/C(=O)O)ccc1-n1cnc(C)c1. The number of ether oxygens (including phenoxy) is 1. The fourth-order valence-corrected chi connectivity index (χ4v) is 1.84. The molecule has 1 heterocycles. The molecule has 104 valence electrons. The predicted molar refractivity (Wildman–Crippen MR) is 76.1 cm³/mol. The van der Waals surface area contributed by atoms with Crippen molar-refractivity contribution in [1.29, 1.82) is 0 Å². The smallest absolute Gasteiger partial charge is 0.328 e. The van der Waals surface area contributed by atoms with Gasteiger partial charge < -0.3 is 14.4 Å². The Balaban J connectivity index is 2.40. The average Bonchev–Trinajstić information content (AvgIpc) is 2.83. The third-order valence-electron chi connectivity index (χ3n) is 2.69. The molecule has 0 aliphatic rings. The summed E-state index contributed by atoms with van der Waals surface area (Å²) in [6.45, 7) is 4.36. The second-order valence-electron chi connectivity index (χ2n) is 4.25. The number of benzene rings is 1. The number of carbonyl (C=O) groups is 1. The van der Waals surface area contributed by atoms with Crippen LogP contribution in [0.3, 0.4) is 0 Å². The van der Waals surface area contributed by atoms with Gasteiger partial charge in [-0.05, 0) is 37.6 Å². The summed E-state index contributed by atoms with van der Waals surface area (Å²) in [6.07, 6.45) is 6.27. The van der Waals surface area contributed by atoms with Crippen molar-refractivity contribution in [3.8, 4) is 11.4 Å². The molecular weight excluding hydrogens is 256 g/mol. The van der Waals surface area contributed by atoms with E-state index in [2.05, 4.69) is 4.98 Å². The molecule has 1 N–H and O–H groups in total. The molecule has 1 aromatic carbocycles. The molecule has 5 nitrogen and oxygen atoms in total. The molecule has 0 saturated carbocycles. The van der Waals surface area contributed by atoms with E-state index in [0.717, 1.165) is 23.0 Å². The zero-order chi connectivity index (χ0) is 14.5. The monoisotopic (exact) mass is 272 g/mol. The summed E-state index contributed by atoms with van der Waals surface area (Å²) in [6, 6.07) is 5.54. The summed E-state index contributed by atoms with van der Waals surface area (Å²) < 4.78 is 7.50. The Bertz CT molecular complexity index is 644. The van der Waals surface area contributed by atoms with Gasteiger partial charge >= 0.3 is 5.97 Å². The van der Waals surface area contributed by atoms with Crippen LogP contribution in [-0.2, 0) is 4.79 Å². The summed E-state index contributed by atoms with van der Waals surface area (Å²) in [4.78, 5) is 14.7. The third kappa shape index (κ3) is 3.26. The van der Waals surface area contributed by atoms with Gasteiger partial charge in [0.05, 0.1) is 24.3 Å². The lowest BCUT2D eigenvalue weighted by Gasteiger charge is -2.11. The fourth-order valence-electron chi connectivity index (χ4n) is 1.84. The first-order valence-electron chi connectivity index (χ1n) is 6.29. The summed E-state index contributed by atoms with van der Waals surface area (Å²) in [7, 11) is 0. The van der Waals surface area contributed by atoms with Crippen LogP contribution in [0.5, 0.6) is 5.75 Å². The van der Waals surface area contributed by atoms with Crippen LogP contribution < -0.4 is 4.74 Å². The van der Waals surface area contributed by atoms with Crippen molar-refractivity contribution in [2.75, 3.05) is 6.61 Å². The van der Waals surface area contributed by atoms with Gasteiger partial charge in [0.2, 0.25) is 0 Å². The molecule has 1 aromatic heterocycles. The number of rotatable bonds is 5. The second kappa shape index (κ2) is 6.06. The van der Waals surface area contributed by atoms with Gasteiger partial charge in [-0.2, -0.15) is 0 Å². The Morgan fingerprint density at radius 3 is 2.90 bits per heavy atom. The molecule has 0 unspecified atom stereocenters. The van der Waals surface area contributed by atoms with Crippen LogP contribution in [0, 0.1) is 6.92 Å². The summed E-state index contributed by atoms with van der Waals surface area (Å²) in [5.74, 6) is -0.283. The van der Waals surface area contributed by atoms with Crippen LogP contribution in [0.1, 0.15) is 18.2 Å². The molecule has 0 fully saturated rings.